The Labute approximate surface area is 101 Å². The summed E-state index contributed by atoms with van der Waals surface area (Å²) in [7, 11) is 1.62. The fraction of sp³-hybridized carbons (Fsp3) is 0.143. The van der Waals surface area contributed by atoms with Gasteiger partial charge in [0.15, 0.2) is 0 Å². The molecule has 0 aliphatic carbocycles. The maximum atomic E-state index is 5.77. The highest BCUT2D eigenvalue weighted by Gasteiger charge is 2.11. The minimum atomic E-state index is 0.704. The molecule has 1 rings (SSSR count). The molecule has 0 bridgehead atoms. The maximum absolute atomic E-state index is 5.77. The van der Waals surface area contributed by atoms with Crippen LogP contribution in [-0.4, -0.2) is 7.11 Å². The van der Waals surface area contributed by atoms with Gasteiger partial charge in [-0.15, -0.1) is 0 Å². The summed E-state index contributed by atoms with van der Waals surface area (Å²) in [6.45, 7) is 0. The molecule has 0 amide bonds. The normalized spacial score (nSPS) is 10.0. The number of hydrogen-bond acceptors (Lipinski definition) is 2. The molecule has 0 saturated heterocycles. The number of nitrogens with two attached hydrogens (primary N) is 1. The molecule has 0 unspecified atom stereocenters. The standard InChI is InChI=1S/C7H6Br2INO/c1-12-7-4(9)2-3(8)6(11)5(7)10/h2H,11H2,1H3. The van der Waals surface area contributed by atoms with Gasteiger partial charge in [-0.25, -0.2) is 0 Å². The largest absolute Gasteiger partial charge is 0.494 e. The third-order valence-corrected chi connectivity index (χ3v) is 3.68. The molecule has 5 heteroatoms. The molecule has 2 nitrogen and oxygen atoms in total. The first-order valence-corrected chi connectivity index (χ1v) is 5.71. The van der Waals surface area contributed by atoms with Gasteiger partial charge in [0, 0.05) is 4.47 Å². The number of anilines is 1. The second kappa shape index (κ2) is 4.15. The van der Waals surface area contributed by atoms with Gasteiger partial charge < -0.3 is 10.5 Å². The smallest absolute Gasteiger partial charge is 0.148 e. The summed E-state index contributed by atoms with van der Waals surface area (Å²) in [6, 6.07) is 1.87. The predicted octanol–water partition coefficient (Wildman–Crippen LogP) is 3.41. The van der Waals surface area contributed by atoms with Crippen molar-refractivity contribution in [1.82, 2.24) is 0 Å². The summed E-state index contributed by atoms with van der Waals surface area (Å²) in [5.41, 5.74) is 6.48. The van der Waals surface area contributed by atoms with Crippen molar-refractivity contribution < 1.29 is 4.74 Å². The molecule has 0 aromatic heterocycles. The summed E-state index contributed by atoms with van der Waals surface area (Å²) in [5.74, 6) is 0.774. The van der Waals surface area contributed by atoms with Gasteiger partial charge in [-0.3, -0.25) is 0 Å². The average Bonchev–Trinajstić information content (AvgIpc) is 2.01. The van der Waals surface area contributed by atoms with Crippen LogP contribution in [0.25, 0.3) is 0 Å². The summed E-state index contributed by atoms with van der Waals surface area (Å²) >= 11 is 8.87. The van der Waals surface area contributed by atoms with Crippen LogP contribution in [0.15, 0.2) is 15.0 Å². The van der Waals surface area contributed by atoms with Crippen LogP contribution < -0.4 is 10.5 Å². The number of halogens is 3. The van der Waals surface area contributed by atoms with Gasteiger partial charge in [-0.1, -0.05) is 0 Å². The molecule has 0 saturated carbocycles. The minimum absolute atomic E-state index is 0.704. The van der Waals surface area contributed by atoms with Gasteiger partial charge in [0.1, 0.15) is 5.75 Å². The first-order valence-electron chi connectivity index (χ1n) is 3.05. The van der Waals surface area contributed by atoms with Crippen molar-refractivity contribution in [1.29, 1.82) is 0 Å². The molecule has 66 valence electrons. The van der Waals surface area contributed by atoms with Crippen molar-refractivity contribution in [3.05, 3.63) is 18.6 Å². The lowest BCUT2D eigenvalue weighted by molar-refractivity contribution is 0.409. The Bertz CT molecular complexity index is 317. The van der Waals surface area contributed by atoms with E-state index in [1.807, 2.05) is 6.07 Å². The number of nitrogen functional groups attached to an aromatic ring is 1. The second-order valence-corrected chi connectivity index (χ2v) is 4.89. The van der Waals surface area contributed by atoms with E-state index < -0.39 is 0 Å². The Kier molecular flexibility index (Phi) is 3.66. The quantitative estimate of drug-likeness (QED) is 0.573. The number of methoxy groups -OCH3 is 1. The topological polar surface area (TPSA) is 35.2 Å². The highest BCUT2D eigenvalue weighted by Crippen LogP contribution is 2.38. The number of benzene rings is 1. The second-order valence-electron chi connectivity index (χ2n) is 2.10. The molecule has 0 atom stereocenters. The van der Waals surface area contributed by atoms with E-state index in [-0.39, 0.29) is 0 Å². The van der Waals surface area contributed by atoms with Gasteiger partial charge >= 0.3 is 0 Å². The molecule has 1 aromatic rings. The Morgan fingerprint density at radius 2 is 2.00 bits per heavy atom. The minimum Gasteiger partial charge on any atom is -0.494 e. The molecule has 0 fully saturated rings. The van der Waals surface area contributed by atoms with Crippen molar-refractivity contribution in [3.8, 4) is 5.75 Å². The first-order chi connectivity index (χ1) is 5.57. The third-order valence-electron chi connectivity index (χ3n) is 1.37. The van der Waals surface area contributed by atoms with Crippen LogP contribution in [-0.2, 0) is 0 Å². The number of ether oxygens (including phenoxy) is 1. The highest BCUT2D eigenvalue weighted by molar-refractivity contribution is 14.1. The van der Waals surface area contributed by atoms with E-state index in [4.69, 9.17) is 10.5 Å². The van der Waals surface area contributed by atoms with Crippen LogP contribution in [0, 0.1) is 3.57 Å². The third kappa shape index (κ3) is 1.88. The summed E-state index contributed by atoms with van der Waals surface area (Å²) < 4.78 is 7.84. The van der Waals surface area contributed by atoms with Gasteiger partial charge in [0.25, 0.3) is 0 Å². The molecule has 2 N–H and O–H groups in total. The summed E-state index contributed by atoms with van der Waals surface area (Å²) in [4.78, 5) is 0. The van der Waals surface area contributed by atoms with E-state index in [9.17, 15) is 0 Å². The zero-order chi connectivity index (χ0) is 9.30. The Morgan fingerprint density at radius 3 is 2.50 bits per heavy atom. The van der Waals surface area contributed by atoms with Gasteiger partial charge in [0.05, 0.1) is 20.8 Å². The van der Waals surface area contributed by atoms with Crippen LogP contribution in [0.4, 0.5) is 5.69 Å². The summed E-state index contributed by atoms with van der Waals surface area (Å²) in [6.07, 6.45) is 0. The molecule has 0 heterocycles. The van der Waals surface area contributed by atoms with Crippen LogP contribution in [0.2, 0.25) is 0 Å². The molecule has 12 heavy (non-hydrogen) atoms. The Hall–Kier alpha value is 0.510. The number of rotatable bonds is 1. The zero-order valence-corrected chi connectivity index (χ0v) is 11.5. The van der Waals surface area contributed by atoms with E-state index >= 15 is 0 Å². The van der Waals surface area contributed by atoms with Crippen LogP contribution >= 0.6 is 54.5 Å². The van der Waals surface area contributed by atoms with Crippen LogP contribution in [0.3, 0.4) is 0 Å². The van der Waals surface area contributed by atoms with Crippen molar-refractivity contribution in [2.45, 2.75) is 0 Å². The SMILES string of the molecule is COc1c(Br)cc(Br)c(N)c1I. The molecular weight excluding hydrogens is 401 g/mol. The van der Waals surface area contributed by atoms with E-state index in [1.165, 1.54) is 0 Å². The van der Waals surface area contributed by atoms with Gasteiger partial charge in [0.2, 0.25) is 0 Å². The van der Waals surface area contributed by atoms with Gasteiger partial charge in [-0.2, -0.15) is 0 Å². The average molecular weight is 407 g/mol. The van der Waals surface area contributed by atoms with Gasteiger partial charge in [-0.05, 0) is 60.5 Å². The van der Waals surface area contributed by atoms with Crippen molar-refractivity contribution in [2.24, 2.45) is 0 Å². The number of hydrogen-bond donors (Lipinski definition) is 1. The molecule has 0 radical (unpaired) electrons. The molecule has 0 aliphatic heterocycles. The maximum Gasteiger partial charge on any atom is 0.148 e. The van der Waals surface area contributed by atoms with E-state index in [1.54, 1.807) is 7.11 Å². The lowest BCUT2D eigenvalue weighted by Gasteiger charge is -2.09. The first kappa shape index (κ1) is 10.6. The zero-order valence-electron chi connectivity index (χ0n) is 6.20. The lowest BCUT2D eigenvalue weighted by atomic mass is 10.3. The van der Waals surface area contributed by atoms with E-state index in [2.05, 4.69) is 54.5 Å². The van der Waals surface area contributed by atoms with Crippen molar-refractivity contribution >= 4 is 60.1 Å². The molecule has 1 aromatic carbocycles. The Morgan fingerprint density at radius 1 is 1.42 bits per heavy atom. The fourth-order valence-corrected chi connectivity index (χ4v) is 3.64. The molecule has 0 aliphatic rings. The molecular formula is C7H6Br2INO. The van der Waals surface area contributed by atoms with Crippen LogP contribution in [0.1, 0.15) is 0 Å². The lowest BCUT2D eigenvalue weighted by Crippen LogP contribution is -1.96. The van der Waals surface area contributed by atoms with E-state index in [0.717, 1.165) is 18.3 Å². The predicted molar refractivity (Wildman–Crippen MR) is 65.5 cm³/mol. The highest BCUT2D eigenvalue weighted by atomic mass is 127. The summed E-state index contributed by atoms with van der Waals surface area (Å²) in [5, 5.41) is 0. The van der Waals surface area contributed by atoms with Crippen molar-refractivity contribution in [2.75, 3.05) is 12.8 Å². The molecule has 0 spiro atoms. The Balaban J connectivity index is 3.40. The monoisotopic (exact) mass is 405 g/mol. The van der Waals surface area contributed by atoms with E-state index in [0.29, 0.717) is 5.69 Å². The fourth-order valence-electron chi connectivity index (χ4n) is 0.774. The van der Waals surface area contributed by atoms with Crippen molar-refractivity contribution in [3.63, 3.8) is 0 Å². The van der Waals surface area contributed by atoms with Crippen LogP contribution in [0.5, 0.6) is 5.75 Å².